The molecule has 0 bridgehead atoms. The number of benzene rings is 3. The third-order valence-electron chi connectivity index (χ3n) is 5.11. The van der Waals surface area contributed by atoms with Crippen molar-refractivity contribution in [1.82, 2.24) is 5.32 Å². The minimum atomic E-state index is -0.467. The minimum absolute atomic E-state index is 0.213. The van der Waals surface area contributed by atoms with Crippen LogP contribution in [0.4, 0.5) is 0 Å². The van der Waals surface area contributed by atoms with Crippen molar-refractivity contribution in [2.24, 2.45) is 4.99 Å². The summed E-state index contributed by atoms with van der Waals surface area (Å²) < 4.78 is 12.6. The number of ether oxygens (including phenoxy) is 2. The molecule has 0 aromatic heterocycles. The molecule has 0 unspecified atom stereocenters. The number of hydrogen-bond acceptors (Lipinski definition) is 5. The number of amidine groups is 1. The first-order valence-electron chi connectivity index (χ1n) is 11.1. The number of hydrogen-bond donors (Lipinski definition) is 1. The minimum Gasteiger partial charge on any atom is -0.490 e. The summed E-state index contributed by atoms with van der Waals surface area (Å²) in [6.07, 6.45) is 1.71. The van der Waals surface area contributed by atoms with Gasteiger partial charge in [0.1, 0.15) is 6.61 Å². The summed E-state index contributed by atoms with van der Waals surface area (Å²) >= 11 is 10.5. The summed E-state index contributed by atoms with van der Waals surface area (Å²) in [5.41, 5.74) is 3.34. The number of aryl methyl sites for hydroxylation is 1. The molecule has 3 aromatic carbocycles. The van der Waals surface area contributed by atoms with Crippen molar-refractivity contribution in [3.8, 4) is 11.5 Å². The van der Waals surface area contributed by atoms with Gasteiger partial charge in [-0.2, -0.15) is 4.99 Å². The summed E-state index contributed by atoms with van der Waals surface area (Å²) in [4.78, 5) is 29.4. The number of thioether (sulfide) groups is 1. The zero-order valence-electron chi connectivity index (χ0n) is 19.5. The van der Waals surface area contributed by atoms with Crippen molar-refractivity contribution in [2.45, 2.75) is 20.5 Å². The first-order chi connectivity index (χ1) is 17.3. The lowest BCUT2D eigenvalue weighted by Gasteiger charge is -2.14. The molecule has 1 saturated heterocycles. The maximum Gasteiger partial charge on any atom is 0.279 e. The Morgan fingerprint density at radius 1 is 1.08 bits per heavy atom. The highest BCUT2D eigenvalue weighted by Crippen LogP contribution is 2.37. The van der Waals surface area contributed by atoms with E-state index in [9.17, 15) is 9.59 Å². The predicted octanol–water partition coefficient (Wildman–Crippen LogP) is 6.79. The van der Waals surface area contributed by atoms with E-state index in [0.29, 0.717) is 40.2 Å². The molecule has 36 heavy (non-hydrogen) atoms. The van der Waals surface area contributed by atoms with E-state index < -0.39 is 5.91 Å². The van der Waals surface area contributed by atoms with Gasteiger partial charge in [0, 0.05) is 15.1 Å². The van der Waals surface area contributed by atoms with Gasteiger partial charge in [-0.05, 0) is 79.2 Å². The van der Waals surface area contributed by atoms with Gasteiger partial charge in [-0.1, -0.05) is 57.4 Å². The van der Waals surface area contributed by atoms with Gasteiger partial charge >= 0.3 is 0 Å². The van der Waals surface area contributed by atoms with Gasteiger partial charge in [0.05, 0.1) is 11.5 Å². The molecule has 4 rings (SSSR count). The van der Waals surface area contributed by atoms with Crippen LogP contribution in [-0.2, 0) is 11.4 Å². The summed E-state index contributed by atoms with van der Waals surface area (Å²) in [5, 5.41) is 3.37. The molecule has 1 aliphatic rings. The monoisotopic (exact) mass is 584 g/mol. The van der Waals surface area contributed by atoms with Crippen molar-refractivity contribution in [3.63, 3.8) is 0 Å². The quantitative estimate of drug-likeness (QED) is 0.309. The summed E-state index contributed by atoms with van der Waals surface area (Å²) in [6.45, 7) is 4.78. The van der Waals surface area contributed by atoms with Gasteiger partial charge < -0.3 is 14.8 Å². The molecule has 1 fully saturated rings. The molecule has 0 atom stereocenters. The maximum atomic E-state index is 12.5. The van der Waals surface area contributed by atoms with Gasteiger partial charge in [-0.15, -0.1) is 0 Å². The van der Waals surface area contributed by atoms with E-state index in [1.165, 1.54) is 5.56 Å². The van der Waals surface area contributed by atoms with Crippen molar-refractivity contribution in [2.75, 3.05) is 6.61 Å². The average Bonchev–Trinajstić information content (AvgIpc) is 3.19. The number of halogens is 2. The predicted molar refractivity (Wildman–Crippen MR) is 148 cm³/mol. The Balaban J connectivity index is 1.53. The smallest absolute Gasteiger partial charge is 0.279 e. The van der Waals surface area contributed by atoms with E-state index in [4.69, 9.17) is 21.1 Å². The Bertz CT molecular complexity index is 1360. The molecule has 184 valence electrons. The van der Waals surface area contributed by atoms with Gasteiger partial charge in [0.15, 0.2) is 16.7 Å². The molecule has 1 aliphatic heterocycles. The lowest BCUT2D eigenvalue weighted by Crippen LogP contribution is -2.20. The molecule has 0 radical (unpaired) electrons. The van der Waals surface area contributed by atoms with Crippen LogP contribution in [-0.4, -0.2) is 23.6 Å². The second-order valence-electron chi connectivity index (χ2n) is 7.82. The number of carbonyl (C=O) groups is 2. The third kappa shape index (κ3) is 6.57. The second kappa shape index (κ2) is 11.8. The van der Waals surface area contributed by atoms with Gasteiger partial charge in [-0.3, -0.25) is 9.59 Å². The number of rotatable bonds is 7. The molecule has 3 aromatic rings. The van der Waals surface area contributed by atoms with Crippen molar-refractivity contribution >= 4 is 62.4 Å². The fraction of sp³-hybridized carbons (Fsp3) is 0.148. The topological polar surface area (TPSA) is 77.0 Å². The Hall–Kier alpha value is -3.07. The standard InChI is InChI=1S/C27H22BrClN2O4S/c1-3-34-22-12-19(21(28)14-23(22)35-15-17-6-4-16(2)5-7-17)13-24-26(33)31-27(36-24)30-25(32)18-8-10-20(29)11-9-18/h4-14H,3,15H2,1-2H3,(H,30,31,32,33)/b24-13-. The molecular weight excluding hydrogens is 564 g/mol. The first kappa shape index (κ1) is 26.0. The molecule has 6 nitrogen and oxygen atoms in total. The van der Waals surface area contributed by atoms with Crippen molar-refractivity contribution in [1.29, 1.82) is 0 Å². The fourth-order valence-corrected chi connectivity index (χ4v) is 4.63. The van der Waals surface area contributed by atoms with E-state index in [0.717, 1.165) is 27.4 Å². The molecular formula is C27H22BrClN2O4S. The number of amides is 2. The molecule has 9 heteroatoms. The molecule has 0 aliphatic carbocycles. The largest absolute Gasteiger partial charge is 0.490 e. The number of nitrogens with zero attached hydrogens (tertiary/aromatic N) is 1. The second-order valence-corrected chi connectivity index (χ2v) is 10.1. The van der Waals surface area contributed by atoms with Gasteiger partial charge in [-0.25, -0.2) is 0 Å². The highest BCUT2D eigenvalue weighted by Gasteiger charge is 2.25. The lowest BCUT2D eigenvalue weighted by atomic mass is 10.1. The molecule has 1 heterocycles. The van der Waals surface area contributed by atoms with E-state index in [1.54, 1.807) is 30.3 Å². The van der Waals surface area contributed by atoms with Crippen LogP contribution in [0.2, 0.25) is 5.02 Å². The van der Waals surface area contributed by atoms with Crippen LogP contribution < -0.4 is 14.8 Å². The lowest BCUT2D eigenvalue weighted by molar-refractivity contribution is -0.115. The summed E-state index contributed by atoms with van der Waals surface area (Å²) in [7, 11) is 0. The maximum absolute atomic E-state index is 12.5. The van der Waals surface area contributed by atoms with Crippen molar-refractivity contribution in [3.05, 3.63) is 97.3 Å². The van der Waals surface area contributed by atoms with Crippen LogP contribution in [0.5, 0.6) is 11.5 Å². The van der Waals surface area contributed by atoms with E-state index in [1.807, 2.05) is 50.2 Å². The van der Waals surface area contributed by atoms with Crippen molar-refractivity contribution < 1.29 is 19.1 Å². The van der Waals surface area contributed by atoms with Crippen LogP contribution in [0.1, 0.15) is 34.0 Å². The third-order valence-corrected chi connectivity index (χ3v) is 6.96. The Morgan fingerprint density at radius 2 is 1.78 bits per heavy atom. The Morgan fingerprint density at radius 3 is 2.47 bits per heavy atom. The summed E-state index contributed by atoms with van der Waals surface area (Å²) in [6, 6.07) is 18.2. The van der Waals surface area contributed by atoms with Crippen LogP contribution in [0, 0.1) is 6.92 Å². The number of nitrogens with one attached hydrogen (secondary N) is 1. The number of aliphatic imine (C=N–C) groups is 1. The fourth-order valence-electron chi connectivity index (χ4n) is 3.26. The number of carbonyl (C=O) groups excluding carboxylic acids is 2. The van der Waals surface area contributed by atoms with Crippen LogP contribution in [0.15, 0.2) is 75.0 Å². The van der Waals surface area contributed by atoms with Crippen LogP contribution >= 0.6 is 39.3 Å². The molecule has 2 amide bonds. The zero-order chi connectivity index (χ0) is 25.7. The Labute approximate surface area is 226 Å². The highest BCUT2D eigenvalue weighted by molar-refractivity contribution is 9.10. The molecule has 1 N–H and O–H groups in total. The zero-order valence-corrected chi connectivity index (χ0v) is 22.7. The molecule has 0 saturated carbocycles. The van der Waals surface area contributed by atoms with Gasteiger partial charge in [0.25, 0.3) is 11.8 Å². The van der Waals surface area contributed by atoms with Crippen LogP contribution in [0.25, 0.3) is 6.08 Å². The molecule has 0 spiro atoms. The average molecular weight is 586 g/mol. The normalized spacial score (nSPS) is 15.3. The SMILES string of the molecule is CCOc1cc(/C=C2\SC(=NC(=O)c3ccc(Cl)cc3)NC2=O)c(Br)cc1OCc1ccc(C)cc1. The van der Waals surface area contributed by atoms with E-state index >= 15 is 0 Å². The van der Waals surface area contributed by atoms with E-state index in [-0.39, 0.29) is 11.1 Å². The Kier molecular flexibility index (Phi) is 8.51. The summed E-state index contributed by atoms with van der Waals surface area (Å²) in [5.74, 6) is 0.346. The van der Waals surface area contributed by atoms with Crippen LogP contribution in [0.3, 0.4) is 0 Å². The van der Waals surface area contributed by atoms with Gasteiger partial charge in [0.2, 0.25) is 0 Å². The highest BCUT2D eigenvalue weighted by atomic mass is 79.9. The first-order valence-corrected chi connectivity index (χ1v) is 13.1. The van der Waals surface area contributed by atoms with E-state index in [2.05, 4.69) is 26.2 Å².